The van der Waals surface area contributed by atoms with E-state index in [1.165, 1.54) is 25.7 Å². The molecule has 2 N–H and O–H groups in total. The number of aromatic nitrogens is 2. The summed E-state index contributed by atoms with van der Waals surface area (Å²) in [6, 6.07) is 4.06. The maximum atomic E-state index is 6.02. The third-order valence-corrected chi connectivity index (χ3v) is 5.35. The van der Waals surface area contributed by atoms with Crippen LogP contribution in [-0.2, 0) is 4.84 Å². The van der Waals surface area contributed by atoms with Gasteiger partial charge in [0.05, 0.1) is 5.69 Å². The fraction of sp³-hybridized carbons (Fsp3) is 0.533. The fourth-order valence-electron chi connectivity index (χ4n) is 4.21. The number of hydrogen-bond donors (Lipinski definition) is 2. The quantitative estimate of drug-likeness (QED) is 0.839. The first-order valence-electron chi connectivity index (χ1n) is 7.77. The lowest BCUT2D eigenvalue weighted by Crippen LogP contribution is -2.57. The van der Waals surface area contributed by atoms with E-state index in [1.54, 1.807) is 0 Å². The number of hydrazine groups is 2. The van der Waals surface area contributed by atoms with Crippen molar-refractivity contribution in [2.24, 2.45) is 11.8 Å². The van der Waals surface area contributed by atoms with Crippen molar-refractivity contribution >= 4 is 11.3 Å². The molecule has 2 aromatic rings. The predicted molar refractivity (Wildman–Crippen MR) is 77.8 cm³/mol. The van der Waals surface area contributed by atoms with Gasteiger partial charge in [-0.25, -0.2) is 10.1 Å². The zero-order valence-electron chi connectivity index (χ0n) is 11.8. The minimum absolute atomic E-state index is 0.217. The van der Waals surface area contributed by atoms with Gasteiger partial charge in [0.15, 0.2) is 5.72 Å². The highest BCUT2D eigenvalue weighted by atomic mass is 16.7. The highest BCUT2D eigenvalue weighted by molar-refractivity contribution is 5.50. The molecule has 3 saturated carbocycles. The number of hydrogen-bond acceptors (Lipinski definition) is 5. The highest BCUT2D eigenvalue weighted by Crippen LogP contribution is 2.49. The number of pyridine rings is 1. The zero-order chi connectivity index (χ0) is 13.9. The molecule has 0 aromatic carbocycles. The third kappa shape index (κ3) is 1.73. The molecule has 3 heterocycles. The van der Waals surface area contributed by atoms with Gasteiger partial charge in [0.25, 0.3) is 0 Å². The SMILES string of the molecule is c1cn2cc(N3NO[C@@]4(CC5CCC4CC5)N3)ccc2n1. The van der Waals surface area contributed by atoms with Crippen molar-refractivity contribution in [2.45, 2.75) is 37.8 Å². The standard InChI is InChI=1S/C15H19N5O/c1-3-12-4-2-11(1)9-15(12)17-20(18-21-15)13-5-6-14-16-7-8-19(14)10-13/h5-8,10-12,17-18H,1-4,9H2/t11?,12?,15-/m1/s1. The number of anilines is 1. The second kappa shape index (κ2) is 4.19. The van der Waals surface area contributed by atoms with E-state index in [4.69, 9.17) is 4.84 Å². The lowest BCUT2D eigenvalue weighted by Gasteiger charge is -2.47. The van der Waals surface area contributed by atoms with Gasteiger partial charge in [0.1, 0.15) is 5.65 Å². The molecule has 3 aliphatic carbocycles. The van der Waals surface area contributed by atoms with Crippen LogP contribution in [0.15, 0.2) is 30.7 Å². The fourth-order valence-corrected chi connectivity index (χ4v) is 4.21. The summed E-state index contributed by atoms with van der Waals surface area (Å²) in [7, 11) is 0. The van der Waals surface area contributed by atoms with E-state index in [1.807, 2.05) is 40.2 Å². The topological polar surface area (TPSA) is 53.8 Å². The average molecular weight is 285 g/mol. The van der Waals surface area contributed by atoms with Crippen molar-refractivity contribution in [3.05, 3.63) is 30.7 Å². The van der Waals surface area contributed by atoms with Gasteiger partial charge >= 0.3 is 0 Å². The second-order valence-electron chi connectivity index (χ2n) is 6.53. The highest BCUT2D eigenvalue weighted by Gasteiger charge is 2.53. The van der Waals surface area contributed by atoms with Crippen molar-refractivity contribution < 1.29 is 4.84 Å². The van der Waals surface area contributed by atoms with Crippen molar-refractivity contribution in [2.75, 3.05) is 5.12 Å². The molecule has 0 amide bonds. The van der Waals surface area contributed by atoms with Gasteiger partial charge in [-0.1, -0.05) is 5.59 Å². The lowest BCUT2D eigenvalue weighted by molar-refractivity contribution is -0.153. The van der Waals surface area contributed by atoms with Crippen LogP contribution in [0.2, 0.25) is 0 Å². The zero-order valence-corrected chi connectivity index (χ0v) is 11.8. The molecule has 110 valence electrons. The van der Waals surface area contributed by atoms with E-state index < -0.39 is 0 Å². The number of fused-ring (bicyclic) bond motifs is 3. The van der Waals surface area contributed by atoms with E-state index >= 15 is 0 Å². The molecule has 1 spiro atoms. The van der Waals surface area contributed by atoms with Crippen LogP contribution in [0.4, 0.5) is 5.69 Å². The van der Waals surface area contributed by atoms with Gasteiger partial charge in [-0.2, -0.15) is 5.43 Å². The van der Waals surface area contributed by atoms with Gasteiger partial charge in [-0.3, -0.25) is 4.84 Å². The number of imidazole rings is 1. The molecule has 1 atom stereocenters. The molecular weight excluding hydrogens is 266 g/mol. The van der Waals surface area contributed by atoms with Gasteiger partial charge in [-0.05, 0) is 50.2 Å². The molecule has 6 heteroatoms. The van der Waals surface area contributed by atoms with Crippen LogP contribution in [0.5, 0.6) is 0 Å². The summed E-state index contributed by atoms with van der Waals surface area (Å²) in [5, 5.41) is 1.90. The first kappa shape index (κ1) is 12.0. The van der Waals surface area contributed by atoms with Crippen LogP contribution >= 0.6 is 0 Å². The molecular formula is C15H19N5O. The Bertz CT molecular complexity index is 678. The minimum atomic E-state index is -0.217. The Balaban J connectivity index is 1.44. The van der Waals surface area contributed by atoms with Gasteiger partial charge in [0, 0.05) is 24.5 Å². The summed E-state index contributed by atoms with van der Waals surface area (Å²) >= 11 is 0. The molecule has 21 heavy (non-hydrogen) atoms. The van der Waals surface area contributed by atoms with E-state index in [2.05, 4.69) is 16.0 Å². The van der Waals surface area contributed by atoms with E-state index in [0.717, 1.165) is 23.7 Å². The van der Waals surface area contributed by atoms with Crippen LogP contribution in [-0.4, -0.2) is 15.1 Å². The molecule has 6 nitrogen and oxygen atoms in total. The Morgan fingerprint density at radius 3 is 2.95 bits per heavy atom. The number of nitrogens with one attached hydrogen (secondary N) is 2. The van der Waals surface area contributed by atoms with Crippen LogP contribution < -0.4 is 16.1 Å². The first-order valence-corrected chi connectivity index (χ1v) is 7.77. The summed E-state index contributed by atoms with van der Waals surface area (Å²) in [5.74, 6) is 1.41. The summed E-state index contributed by atoms with van der Waals surface area (Å²) in [5.41, 5.74) is 8.40. The number of rotatable bonds is 1. The Labute approximate surface area is 123 Å². The summed E-state index contributed by atoms with van der Waals surface area (Å²) in [6.45, 7) is 0. The van der Waals surface area contributed by atoms with Gasteiger partial charge < -0.3 is 4.40 Å². The first-order chi connectivity index (χ1) is 10.3. The normalized spacial score (nSPS) is 35.1. The lowest BCUT2D eigenvalue weighted by atomic mass is 9.66. The van der Waals surface area contributed by atoms with Crippen LogP contribution in [0.3, 0.4) is 0 Å². The van der Waals surface area contributed by atoms with Crippen molar-refractivity contribution in [1.29, 1.82) is 0 Å². The smallest absolute Gasteiger partial charge is 0.163 e. The maximum absolute atomic E-state index is 6.02. The molecule has 2 bridgehead atoms. The monoisotopic (exact) mass is 285 g/mol. The molecule has 4 fully saturated rings. The average Bonchev–Trinajstić information content (AvgIpc) is 3.15. The molecule has 6 rings (SSSR count). The summed E-state index contributed by atoms with van der Waals surface area (Å²) in [6.07, 6.45) is 12.2. The maximum Gasteiger partial charge on any atom is 0.163 e. The van der Waals surface area contributed by atoms with Crippen molar-refractivity contribution in [3.8, 4) is 0 Å². The van der Waals surface area contributed by atoms with E-state index in [0.29, 0.717) is 5.92 Å². The molecule has 0 radical (unpaired) electrons. The Morgan fingerprint density at radius 1 is 1.24 bits per heavy atom. The van der Waals surface area contributed by atoms with Crippen LogP contribution in [0.25, 0.3) is 5.65 Å². The second-order valence-corrected chi connectivity index (χ2v) is 6.53. The number of nitrogens with zero attached hydrogens (tertiary/aromatic N) is 3. The molecule has 0 unspecified atom stereocenters. The van der Waals surface area contributed by atoms with Gasteiger partial charge in [-0.15, -0.1) is 0 Å². The summed E-state index contributed by atoms with van der Waals surface area (Å²) < 4.78 is 2.01. The molecule has 4 aliphatic rings. The predicted octanol–water partition coefficient (Wildman–Crippen LogP) is 2.00. The Morgan fingerprint density at radius 2 is 2.14 bits per heavy atom. The third-order valence-electron chi connectivity index (χ3n) is 5.35. The van der Waals surface area contributed by atoms with Crippen molar-refractivity contribution in [1.82, 2.24) is 20.4 Å². The summed E-state index contributed by atoms with van der Waals surface area (Å²) in [4.78, 5) is 10.3. The molecule has 1 aliphatic heterocycles. The van der Waals surface area contributed by atoms with E-state index in [9.17, 15) is 0 Å². The minimum Gasteiger partial charge on any atom is -0.305 e. The van der Waals surface area contributed by atoms with Gasteiger partial charge in [0.2, 0.25) is 0 Å². The van der Waals surface area contributed by atoms with Crippen LogP contribution in [0.1, 0.15) is 32.1 Å². The van der Waals surface area contributed by atoms with E-state index in [-0.39, 0.29) is 5.72 Å². The Hall–Kier alpha value is -1.63. The van der Waals surface area contributed by atoms with Crippen molar-refractivity contribution in [3.63, 3.8) is 0 Å². The largest absolute Gasteiger partial charge is 0.305 e. The van der Waals surface area contributed by atoms with Crippen LogP contribution in [0, 0.1) is 11.8 Å². The molecule has 2 aromatic heterocycles. The molecule has 1 saturated heterocycles. The Kier molecular flexibility index (Phi) is 2.39.